The fourth-order valence-electron chi connectivity index (χ4n) is 3.89. The van der Waals surface area contributed by atoms with Crippen molar-refractivity contribution in [1.82, 2.24) is 15.0 Å². The zero-order valence-electron chi connectivity index (χ0n) is 20.1. The Kier molecular flexibility index (Phi) is 8.84. The van der Waals surface area contributed by atoms with Crippen LogP contribution in [0.4, 0.5) is 8.78 Å². The average Bonchev–Trinajstić information content (AvgIpc) is 3.41. The number of aromatic nitrogens is 3. The van der Waals surface area contributed by atoms with Crippen molar-refractivity contribution < 1.29 is 23.4 Å². The zero-order valence-corrected chi connectivity index (χ0v) is 20.9. The number of allylic oxidation sites excluding steroid dienone is 2. The first kappa shape index (κ1) is 26.7. The molecule has 2 heterocycles. The van der Waals surface area contributed by atoms with Gasteiger partial charge in [0.15, 0.2) is 6.29 Å². The largest absolute Gasteiger partial charge is 0.382 e. The summed E-state index contributed by atoms with van der Waals surface area (Å²) in [6.07, 6.45) is 9.36. The maximum atomic E-state index is 14.0. The van der Waals surface area contributed by atoms with Gasteiger partial charge >= 0.3 is 0 Å². The summed E-state index contributed by atoms with van der Waals surface area (Å²) in [5.74, 6) is -0.843. The summed E-state index contributed by atoms with van der Waals surface area (Å²) in [5.41, 5.74) is -0.119. The molecule has 10 heteroatoms. The Morgan fingerprint density at radius 2 is 1.97 bits per heavy atom. The second-order valence-electron chi connectivity index (χ2n) is 8.56. The Morgan fingerprint density at radius 1 is 1.22 bits per heavy atom. The Labute approximate surface area is 218 Å². The molecule has 1 saturated heterocycles. The number of nitriles is 1. The summed E-state index contributed by atoms with van der Waals surface area (Å²) in [7, 11) is 0. The minimum atomic E-state index is -1.34. The van der Waals surface area contributed by atoms with Crippen molar-refractivity contribution >= 4 is 17.8 Å². The van der Waals surface area contributed by atoms with Gasteiger partial charge in [-0.1, -0.05) is 48.6 Å². The number of hydrogen-bond donors (Lipinski definition) is 1. The summed E-state index contributed by atoms with van der Waals surface area (Å²) >= 11 is 1.52. The molecule has 1 N–H and O–H groups in total. The van der Waals surface area contributed by atoms with Gasteiger partial charge in [-0.2, -0.15) is 5.26 Å². The van der Waals surface area contributed by atoms with Crippen molar-refractivity contribution in [2.45, 2.75) is 35.9 Å². The van der Waals surface area contributed by atoms with Crippen LogP contribution in [0.5, 0.6) is 0 Å². The third-order valence-electron chi connectivity index (χ3n) is 5.97. The number of aliphatic hydroxyl groups is 1. The Hall–Kier alpha value is -3.36. The van der Waals surface area contributed by atoms with E-state index in [1.54, 1.807) is 59.4 Å². The highest BCUT2D eigenvalue weighted by Gasteiger charge is 2.39. The van der Waals surface area contributed by atoms with E-state index in [1.807, 2.05) is 13.0 Å². The summed E-state index contributed by atoms with van der Waals surface area (Å²) in [6, 6.07) is 12.0. The highest BCUT2D eigenvalue weighted by atomic mass is 32.2. The minimum absolute atomic E-state index is 0.0364. The molecule has 37 heavy (non-hydrogen) atoms. The SMILES string of the molecule is C[C@@H](SC1COC(C=CC=Cc2ccc(C#N)cc2F)OC1)[C@](O)(Cn1ccnn1)c1ccc(F)cc1. The minimum Gasteiger partial charge on any atom is -0.382 e. The van der Waals surface area contributed by atoms with Gasteiger partial charge in [0.25, 0.3) is 0 Å². The first-order valence-electron chi connectivity index (χ1n) is 11.6. The number of ether oxygens (including phenoxy) is 2. The lowest BCUT2D eigenvalue weighted by Gasteiger charge is -2.37. The number of hydrogen-bond acceptors (Lipinski definition) is 7. The van der Waals surface area contributed by atoms with E-state index < -0.39 is 17.7 Å². The first-order valence-corrected chi connectivity index (χ1v) is 12.6. The number of nitrogens with zero attached hydrogens (tertiary/aromatic N) is 4. The van der Waals surface area contributed by atoms with Crippen LogP contribution in [-0.4, -0.2) is 50.1 Å². The Morgan fingerprint density at radius 3 is 2.62 bits per heavy atom. The van der Waals surface area contributed by atoms with Crippen molar-refractivity contribution in [3.05, 3.63) is 101 Å². The molecule has 2 atom stereocenters. The van der Waals surface area contributed by atoms with Gasteiger partial charge in [0.2, 0.25) is 0 Å². The predicted octanol–water partition coefficient (Wildman–Crippen LogP) is 4.45. The van der Waals surface area contributed by atoms with Crippen molar-refractivity contribution in [3.8, 4) is 6.07 Å². The maximum absolute atomic E-state index is 14.0. The van der Waals surface area contributed by atoms with Gasteiger partial charge in [-0.05, 0) is 35.9 Å². The van der Waals surface area contributed by atoms with Crippen molar-refractivity contribution in [1.29, 1.82) is 5.26 Å². The molecule has 1 aliphatic rings. The topological polar surface area (TPSA) is 93.2 Å². The van der Waals surface area contributed by atoms with Crippen LogP contribution in [0, 0.1) is 23.0 Å². The fraction of sp³-hybridized carbons (Fsp3) is 0.296. The molecule has 3 aromatic rings. The van der Waals surface area contributed by atoms with E-state index in [2.05, 4.69) is 10.3 Å². The number of halogens is 2. The summed E-state index contributed by atoms with van der Waals surface area (Å²) < 4.78 is 40.6. The van der Waals surface area contributed by atoms with E-state index in [4.69, 9.17) is 14.7 Å². The lowest BCUT2D eigenvalue weighted by atomic mass is 9.90. The maximum Gasteiger partial charge on any atom is 0.177 e. The summed E-state index contributed by atoms with van der Waals surface area (Å²) in [5, 5.41) is 28.0. The normalized spacial score (nSPS) is 20.6. The lowest BCUT2D eigenvalue weighted by molar-refractivity contribution is -0.146. The van der Waals surface area contributed by atoms with Gasteiger partial charge < -0.3 is 14.6 Å². The fourth-order valence-corrected chi connectivity index (χ4v) is 5.22. The molecule has 7 nitrogen and oxygen atoms in total. The van der Waals surface area contributed by atoms with Crippen LogP contribution in [0.15, 0.2) is 73.1 Å². The molecule has 0 radical (unpaired) electrons. The van der Waals surface area contributed by atoms with Crippen LogP contribution >= 0.6 is 11.8 Å². The molecule has 1 aromatic heterocycles. The van der Waals surface area contributed by atoms with E-state index in [9.17, 15) is 13.9 Å². The van der Waals surface area contributed by atoms with Crippen molar-refractivity contribution in [3.63, 3.8) is 0 Å². The van der Waals surface area contributed by atoms with Gasteiger partial charge in [-0.3, -0.25) is 0 Å². The molecular weight excluding hydrogens is 498 g/mol. The molecule has 4 rings (SSSR count). The predicted molar refractivity (Wildman–Crippen MR) is 136 cm³/mol. The van der Waals surface area contributed by atoms with Crippen molar-refractivity contribution in [2.24, 2.45) is 0 Å². The molecule has 1 aliphatic heterocycles. The summed E-state index contributed by atoms with van der Waals surface area (Å²) in [6.45, 7) is 2.87. The quantitative estimate of drug-likeness (QED) is 0.414. The van der Waals surface area contributed by atoms with E-state index in [1.165, 1.54) is 36.2 Å². The highest BCUT2D eigenvalue weighted by Crippen LogP contribution is 2.37. The van der Waals surface area contributed by atoms with E-state index in [-0.39, 0.29) is 28.4 Å². The molecule has 0 unspecified atom stereocenters. The Bertz CT molecular complexity index is 1270. The van der Waals surface area contributed by atoms with Crippen LogP contribution in [0.1, 0.15) is 23.6 Å². The lowest BCUT2D eigenvalue weighted by Crippen LogP contribution is -2.43. The van der Waals surface area contributed by atoms with Gasteiger partial charge in [0, 0.05) is 17.0 Å². The first-order chi connectivity index (χ1) is 17.9. The van der Waals surface area contributed by atoms with Crippen LogP contribution in [0.25, 0.3) is 6.08 Å². The van der Waals surface area contributed by atoms with Crippen LogP contribution in [0.3, 0.4) is 0 Å². The average molecular weight is 525 g/mol. The van der Waals surface area contributed by atoms with Gasteiger partial charge in [-0.25, -0.2) is 13.5 Å². The molecule has 0 bridgehead atoms. The van der Waals surface area contributed by atoms with Gasteiger partial charge in [-0.15, -0.1) is 16.9 Å². The summed E-state index contributed by atoms with van der Waals surface area (Å²) in [4.78, 5) is 0. The molecule has 1 fully saturated rings. The molecule has 0 saturated carbocycles. The Balaban J connectivity index is 1.33. The van der Waals surface area contributed by atoms with Crippen LogP contribution in [0.2, 0.25) is 0 Å². The molecule has 0 amide bonds. The van der Waals surface area contributed by atoms with E-state index >= 15 is 0 Å². The molecule has 192 valence electrons. The van der Waals surface area contributed by atoms with E-state index in [0.29, 0.717) is 24.3 Å². The molecule has 0 aliphatic carbocycles. The number of benzene rings is 2. The second-order valence-corrected chi connectivity index (χ2v) is 10.2. The smallest absolute Gasteiger partial charge is 0.177 e. The molecule has 0 spiro atoms. The van der Waals surface area contributed by atoms with Gasteiger partial charge in [0.1, 0.15) is 17.2 Å². The third-order valence-corrected chi connectivity index (χ3v) is 7.42. The van der Waals surface area contributed by atoms with E-state index in [0.717, 1.165) is 0 Å². The molecule has 2 aromatic carbocycles. The number of rotatable bonds is 9. The zero-order chi connectivity index (χ0) is 26.3. The molecular formula is C27H26F2N4O3S. The number of thioether (sulfide) groups is 1. The van der Waals surface area contributed by atoms with Crippen LogP contribution < -0.4 is 0 Å². The standard InChI is InChI=1S/C27H26F2N4O3S/c1-19(27(34,18-33-13-12-31-32-33)22-8-10-23(28)11-9-22)37-24-16-35-26(36-17-24)5-3-2-4-21-7-6-20(15-30)14-25(21)29/h2-14,19,24,26,34H,16-18H2,1H3/t19-,24?,26?,27-/m1/s1. The monoisotopic (exact) mass is 524 g/mol. The highest BCUT2D eigenvalue weighted by molar-refractivity contribution is 8.00. The third kappa shape index (κ3) is 6.90. The second kappa shape index (κ2) is 12.3. The van der Waals surface area contributed by atoms with Crippen LogP contribution in [-0.2, 0) is 21.6 Å². The van der Waals surface area contributed by atoms with Gasteiger partial charge in [0.05, 0.1) is 42.8 Å². The van der Waals surface area contributed by atoms with Crippen molar-refractivity contribution in [2.75, 3.05) is 13.2 Å².